The van der Waals surface area contributed by atoms with Crippen LogP contribution in [0, 0.1) is 17.2 Å². The Kier molecular flexibility index (Phi) is 5.57. The summed E-state index contributed by atoms with van der Waals surface area (Å²) in [5.74, 6) is 0.667. The van der Waals surface area contributed by atoms with Gasteiger partial charge in [-0.25, -0.2) is 8.42 Å². The minimum absolute atomic E-state index is 0.266. The summed E-state index contributed by atoms with van der Waals surface area (Å²) in [4.78, 5) is 2.59. The van der Waals surface area contributed by atoms with Crippen molar-refractivity contribution in [1.29, 1.82) is 5.26 Å². The van der Waals surface area contributed by atoms with Crippen molar-refractivity contribution in [3.63, 3.8) is 0 Å². The third-order valence-corrected chi connectivity index (χ3v) is 5.89. The van der Waals surface area contributed by atoms with E-state index < -0.39 is 10.0 Å². The maximum absolute atomic E-state index is 12.6. The van der Waals surface area contributed by atoms with Gasteiger partial charge in [0.05, 0.1) is 16.5 Å². The summed E-state index contributed by atoms with van der Waals surface area (Å²) >= 11 is 0. The van der Waals surface area contributed by atoms with Gasteiger partial charge in [0.2, 0.25) is 10.0 Å². The van der Waals surface area contributed by atoms with Crippen molar-refractivity contribution in [3.8, 4) is 6.07 Å². The summed E-state index contributed by atoms with van der Waals surface area (Å²) in [5.41, 5.74) is 0.470. The van der Waals surface area contributed by atoms with Crippen LogP contribution in [0.15, 0.2) is 29.2 Å². The highest BCUT2D eigenvalue weighted by Gasteiger charge is 2.28. The van der Waals surface area contributed by atoms with Gasteiger partial charge in [-0.1, -0.05) is 13.8 Å². The number of nitrogens with zero attached hydrogens (tertiary/aromatic N) is 3. The van der Waals surface area contributed by atoms with Crippen LogP contribution in [0.5, 0.6) is 0 Å². The van der Waals surface area contributed by atoms with Crippen molar-refractivity contribution < 1.29 is 8.42 Å². The molecule has 0 N–H and O–H groups in total. The second kappa shape index (κ2) is 7.23. The molecule has 1 aromatic carbocycles. The van der Waals surface area contributed by atoms with Crippen LogP contribution < -0.4 is 0 Å². The van der Waals surface area contributed by atoms with Gasteiger partial charge in [-0.2, -0.15) is 9.57 Å². The molecule has 2 rings (SSSR count). The van der Waals surface area contributed by atoms with Gasteiger partial charge >= 0.3 is 0 Å². The van der Waals surface area contributed by atoms with E-state index in [1.54, 1.807) is 16.4 Å². The van der Waals surface area contributed by atoms with E-state index in [4.69, 9.17) is 5.26 Å². The molecule has 0 unspecified atom stereocenters. The highest BCUT2D eigenvalue weighted by molar-refractivity contribution is 7.89. The Morgan fingerprint density at radius 2 is 1.73 bits per heavy atom. The number of benzene rings is 1. The van der Waals surface area contributed by atoms with Gasteiger partial charge in [-0.3, -0.25) is 0 Å². The Hall–Kier alpha value is -1.42. The second-order valence-corrected chi connectivity index (χ2v) is 8.00. The van der Waals surface area contributed by atoms with E-state index in [1.807, 2.05) is 6.07 Å². The first-order valence-corrected chi connectivity index (χ1v) is 9.10. The quantitative estimate of drug-likeness (QED) is 0.831. The summed E-state index contributed by atoms with van der Waals surface area (Å²) in [6.07, 6.45) is 1.14. The number of sulfonamides is 1. The largest absolute Gasteiger partial charge is 0.301 e. The third kappa shape index (κ3) is 4.07. The molecule has 1 aromatic rings. The molecule has 1 heterocycles. The number of nitriles is 1. The summed E-state index contributed by atoms with van der Waals surface area (Å²) in [5, 5.41) is 8.78. The molecule has 0 amide bonds. The van der Waals surface area contributed by atoms with Crippen molar-refractivity contribution in [1.82, 2.24) is 9.21 Å². The van der Waals surface area contributed by atoms with Crippen molar-refractivity contribution >= 4 is 10.0 Å². The van der Waals surface area contributed by atoms with Crippen LogP contribution in [0.1, 0.15) is 25.8 Å². The molecule has 1 aliphatic heterocycles. The van der Waals surface area contributed by atoms with Crippen LogP contribution in [0.4, 0.5) is 0 Å². The van der Waals surface area contributed by atoms with E-state index in [2.05, 4.69) is 18.7 Å². The molecule has 1 saturated heterocycles. The lowest BCUT2D eigenvalue weighted by Crippen LogP contribution is -2.48. The summed E-state index contributed by atoms with van der Waals surface area (Å²) in [7, 11) is -3.44. The Balaban J connectivity index is 1.98. The van der Waals surface area contributed by atoms with Crippen molar-refractivity contribution in [2.45, 2.75) is 25.2 Å². The molecule has 0 saturated carbocycles. The first-order valence-electron chi connectivity index (χ1n) is 7.66. The molecule has 120 valence electrons. The van der Waals surface area contributed by atoms with Gasteiger partial charge < -0.3 is 4.90 Å². The number of hydrogen-bond donors (Lipinski definition) is 0. The lowest BCUT2D eigenvalue weighted by molar-refractivity contribution is 0.180. The average molecular weight is 321 g/mol. The first-order chi connectivity index (χ1) is 10.4. The fourth-order valence-electron chi connectivity index (χ4n) is 2.48. The zero-order valence-electron chi connectivity index (χ0n) is 13.2. The van der Waals surface area contributed by atoms with Gasteiger partial charge in [0, 0.05) is 26.2 Å². The Bertz CT molecular complexity index is 624. The standard InChI is InChI=1S/C16H23N3O2S/c1-14(2)7-8-18-9-11-19(12-10-18)22(20,21)16-5-3-15(13-17)4-6-16/h3-6,14H,7-12H2,1-2H3. The van der Waals surface area contributed by atoms with Crippen LogP contribution in [0.2, 0.25) is 0 Å². The molecule has 0 aliphatic carbocycles. The molecular formula is C16H23N3O2S. The second-order valence-electron chi connectivity index (χ2n) is 6.06. The molecule has 0 aromatic heterocycles. The molecular weight excluding hydrogens is 298 g/mol. The van der Waals surface area contributed by atoms with Gasteiger partial charge in [0.15, 0.2) is 0 Å². The van der Waals surface area contributed by atoms with Gasteiger partial charge in [0.25, 0.3) is 0 Å². The molecule has 0 spiro atoms. The maximum Gasteiger partial charge on any atom is 0.243 e. The van der Waals surface area contributed by atoms with E-state index in [-0.39, 0.29) is 4.90 Å². The Morgan fingerprint density at radius 3 is 2.23 bits per heavy atom. The van der Waals surface area contributed by atoms with Crippen LogP contribution in [-0.4, -0.2) is 50.3 Å². The van der Waals surface area contributed by atoms with E-state index in [9.17, 15) is 8.42 Å². The van der Waals surface area contributed by atoms with E-state index in [0.717, 1.165) is 26.1 Å². The lowest BCUT2D eigenvalue weighted by atomic mass is 10.1. The zero-order chi connectivity index (χ0) is 16.2. The molecule has 1 aliphatic rings. The number of piperazine rings is 1. The molecule has 6 heteroatoms. The highest BCUT2D eigenvalue weighted by Crippen LogP contribution is 2.18. The fraction of sp³-hybridized carbons (Fsp3) is 0.562. The van der Waals surface area contributed by atoms with Crippen LogP contribution in [0.25, 0.3) is 0 Å². The first kappa shape index (κ1) is 16.9. The fourth-order valence-corrected chi connectivity index (χ4v) is 3.91. The predicted molar refractivity (Wildman–Crippen MR) is 85.8 cm³/mol. The maximum atomic E-state index is 12.6. The predicted octanol–water partition coefficient (Wildman–Crippen LogP) is 1.91. The monoisotopic (exact) mass is 321 g/mol. The smallest absolute Gasteiger partial charge is 0.243 e. The van der Waals surface area contributed by atoms with E-state index in [0.29, 0.717) is 24.6 Å². The topological polar surface area (TPSA) is 64.4 Å². The van der Waals surface area contributed by atoms with Crippen molar-refractivity contribution in [2.75, 3.05) is 32.7 Å². The summed E-state index contributed by atoms with van der Waals surface area (Å²) in [6.45, 7) is 8.05. The summed E-state index contributed by atoms with van der Waals surface area (Å²) < 4.78 is 26.7. The van der Waals surface area contributed by atoms with E-state index in [1.165, 1.54) is 12.1 Å². The molecule has 0 bridgehead atoms. The van der Waals surface area contributed by atoms with Crippen LogP contribution >= 0.6 is 0 Å². The SMILES string of the molecule is CC(C)CCN1CCN(S(=O)(=O)c2ccc(C#N)cc2)CC1. The average Bonchev–Trinajstić information content (AvgIpc) is 2.53. The molecule has 22 heavy (non-hydrogen) atoms. The van der Waals surface area contributed by atoms with Crippen molar-refractivity contribution in [2.24, 2.45) is 5.92 Å². The van der Waals surface area contributed by atoms with Gasteiger partial charge in [-0.15, -0.1) is 0 Å². The minimum atomic E-state index is -3.44. The van der Waals surface area contributed by atoms with Crippen LogP contribution in [0.3, 0.4) is 0 Å². The van der Waals surface area contributed by atoms with Crippen LogP contribution in [-0.2, 0) is 10.0 Å². The normalized spacial score (nSPS) is 17.5. The Morgan fingerprint density at radius 1 is 1.14 bits per heavy atom. The highest BCUT2D eigenvalue weighted by atomic mass is 32.2. The van der Waals surface area contributed by atoms with Gasteiger partial charge in [-0.05, 0) is 43.1 Å². The van der Waals surface area contributed by atoms with Crippen molar-refractivity contribution in [3.05, 3.63) is 29.8 Å². The summed E-state index contributed by atoms with van der Waals surface area (Å²) in [6, 6.07) is 8.12. The minimum Gasteiger partial charge on any atom is -0.301 e. The molecule has 5 nitrogen and oxygen atoms in total. The van der Waals surface area contributed by atoms with E-state index >= 15 is 0 Å². The van der Waals surface area contributed by atoms with Gasteiger partial charge in [0.1, 0.15) is 0 Å². The molecule has 0 radical (unpaired) electrons. The molecule has 1 fully saturated rings. The lowest BCUT2D eigenvalue weighted by Gasteiger charge is -2.34. The third-order valence-electron chi connectivity index (χ3n) is 3.98. The zero-order valence-corrected chi connectivity index (χ0v) is 14.0. The number of rotatable bonds is 5. The molecule has 0 atom stereocenters. The Labute approximate surface area is 133 Å². The number of hydrogen-bond acceptors (Lipinski definition) is 4.